The normalized spacial score (nSPS) is 15.3. The fourth-order valence-electron chi connectivity index (χ4n) is 0.798. The Labute approximate surface area is 74.3 Å². The van der Waals surface area contributed by atoms with Crippen molar-refractivity contribution in [1.82, 2.24) is 0 Å². The summed E-state index contributed by atoms with van der Waals surface area (Å²) in [6.07, 6.45) is 2.44. The molecule has 0 heterocycles. The molecule has 72 valence electrons. The van der Waals surface area contributed by atoms with Crippen LogP contribution in [0.25, 0.3) is 0 Å². The van der Waals surface area contributed by atoms with Gasteiger partial charge in [0, 0.05) is 0 Å². The first-order valence-corrected chi connectivity index (χ1v) is 4.57. The highest BCUT2D eigenvalue weighted by molar-refractivity contribution is 5.75. The topological polar surface area (TPSA) is 52.3 Å². The van der Waals surface area contributed by atoms with E-state index < -0.39 is 6.04 Å². The zero-order chi connectivity index (χ0) is 9.56. The van der Waals surface area contributed by atoms with Crippen molar-refractivity contribution in [1.29, 1.82) is 0 Å². The van der Waals surface area contributed by atoms with Gasteiger partial charge in [-0.25, -0.2) is 0 Å². The average molecular weight is 173 g/mol. The molecule has 0 rings (SSSR count). The van der Waals surface area contributed by atoms with E-state index in [4.69, 9.17) is 10.5 Å². The number of carbonyl (C=O) groups excluding carboxylic acids is 1. The number of esters is 1. The first-order chi connectivity index (χ1) is 5.61. The van der Waals surface area contributed by atoms with Gasteiger partial charge in [0.1, 0.15) is 6.04 Å². The van der Waals surface area contributed by atoms with Gasteiger partial charge in [-0.2, -0.15) is 0 Å². The number of rotatable bonds is 5. The molecular weight excluding hydrogens is 154 g/mol. The van der Waals surface area contributed by atoms with Crippen molar-refractivity contribution < 1.29 is 9.53 Å². The van der Waals surface area contributed by atoms with Gasteiger partial charge < -0.3 is 10.5 Å². The molecule has 0 aromatic heterocycles. The van der Waals surface area contributed by atoms with Crippen molar-refractivity contribution in [3.8, 4) is 0 Å². The lowest BCUT2D eigenvalue weighted by Crippen LogP contribution is -2.34. The van der Waals surface area contributed by atoms with Crippen molar-refractivity contribution in [2.75, 3.05) is 0 Å². The van der Waals surface area contributed by atoms with Gasteiger partial charge in [0.15, 0.2) is 0 Å². The van der Waals surface area contributed by atoms with Crippen LogP contribution in [0, 0.1) is 0 Å². The summed E-state index contributed by atoms with van der Waals surface area (Å²) >= 11 is 0. The van der Waals surface area contributed by atoms with Crippen molar-refractivity contribution in [2.45, 2.75) is 52.2 Å². The minimum atomic E-state index is -0.441. The monoisotopic (exact) mass is 173 g/mol. The second-order valence-electron chi connectivity index (χ2n) is 3.05. The molecule has 3 heteroatoms. The summed E-state index contributed by atoms with van der Waals surface area (Å²) in [6.45, 7) is 5.84. The Kier molecular flexibility index (Phi) is 5.72. The van der Waals surface area contributed by atoms with E-state index in [9.17, 15) is 4.79 Å². The molecule has 0 saturated carbocycles. The minimum absolute atomic E-state index is 0.0135. The standard InChI is InChI=1S/C9H19NO2/c1-4-6-8(10)9(11)12-7(3)5-2/h7-8H,4-6,10H2,1-3H3. The van der Waals surface area contributed by atoms with Crippen LogP contribution < -0.4 is 5.73 Å². The van der Waals surface area contributed by atoms with Crippen LogP contribution in [0.2, 0.25) is 0 Å². The Morgan fingerprint density at radius 1 is 1.50 bits per heavy atom. The summed E-state index contributed by atoms with van der Waals surface area (Å²) in [5.74, 6) is -0.272. The lowest BCUT2D eigenvalue weighted by Gasteiger charge is -2.14. The molecule has 3 nitrogen and oxygen atoms in total. The van der Waals surface area contributed by atoms with E-state index in [-0.39, 0.29) is 12.1 Å². The van der Waals surface area contributed by atoms with Crippen LogP contribution in [0.4, 0.5) is 0 Å². The number of hydrogen-bond acceptors (Lipinski definition) is 3. The molecule has 0 radical (unpaired) electrons. The Morgan fingerprint density at radius 3 is 2.50 bits per heavy atom. The summed E-state index contributed by atoms with van der Waals surface area (Å²) in [6, 6.07) is -0.441. The third-order valence-electron chi connectivity index (χ3n) is 1.79. The Balaban J connectivity index is 3.70. The summed E-state index contributed by atoms with van der Waals surface area (Å²) in [4.78, 5) is 11.2. The first kappa shape index (κ1) is 11.4. The minimum Gasteiger partial charge on any atom is -0.462 e. The largest absolute Gasteiger partial charge is 0.462 e. The van der Waals surface area contributed by atoms with Gasteiger partial charge in [0.25, 0.3) is 0 Å². The number of hydrogen-bond donors (Lipinski definition) is 1. The van der Waals surface area contributed by atoms with E-state index in [1.807, 2.05) is 20.8 Å². The highest BCUT2D eigenvalue weighted by atomic mass is 16.5. The van der Waals surface area contributed by atoms with Gasteiger partial charge in [-0.1, -0.05) is 20.3 Å². The zero-order valence-electron chi connectivity index (χ0n) is 8.17. The van der Waals surface area contributed by atoms with E-state index in [2.05, 4.69) is 0 Å². The molecule has 12 heavy (non-hydrogen) atoms. The zero-order valence-corrected chi connectivity index (χ0v) is 8.17. The Morgan fingerprint density at radius 2 is 2.08 bits per heavy atom. The van der Waals surface area contributed by atoms with Crippen molar-refractivity contribution in [2.24, 2.45) is 5.73 Å². The third-order valence-corrected chi connectivity index (χ3v) is 1.79. The molecule has 0 aromatic rings. The average Bonchev–Trinajstić information content (AvgIpc) is 2.04. The maximum absolute atomic E-state index is 11.2. The van der Waals surface area contributed by atoms with Crippen LogP contribution in [-0.4, -0.2) is 18.1 Å². The maximum Gasteiger partial charge on any atom is 0.323 e. The molecule has 2 N–H and O–H groups in total. The third kappa shape index (κ3) is 4.34. The molecule has 0 aromatic carbocycles. The molecular formula is C9H19NO2. The fraction of sp³-hybridized carbons (Fsp3) is 0.889. The second kappa shape index (κ2) is 6.00. The molecule has 0 aliphatic heterocycles. The molecule has 2 unspecified atom stereocenters. The van der Waals surface area contributed by atoms with Gasteiger partial charge in [0.05, 0.1) is 6.10 Å². The van der Waals surface area contributed by atoms with E-state index in [0.29, 0.717) is 6.42 Å². The lowest BCUT2D eigenvalue weighted by atomic mass is 10.2. The molecule has 0 bridgehead atoms. The van der Waals surface area contributed by atoms with Gasteiger partial charge >= 0.3 is 5.97 Å². The van der Waals surface area contributed by atoms with Crippen LogP contribution in [0.3, 0.4) is 0 Å². The lowest BCUT2D eigenvalue weighted by molar-refractivity contribution is -0.150. The molecule has 0 saturated heterocycles. The second-order valence-corrected chi connectivity index (χ2v) is 3.05. The summed E-state index contributed by atoms with van der Waals surface area (Å²) < 4.78 is 5.05. The van der Waals surface area contributed by atoms with E-state index in [1.165, 1.54) is 0 Å². The Bertz CT molecular complexity index is 136. The van der Waals surface area contributed by atoms with Gasteiger partial charge in [-0.05, 0) is 19.8 Å². The van der Waals surface area contributed by atoms with E-state index in [0.717, 1.165) is 12.8 Å². The number of carbonyl (C=O) groups is 1. The predicted octanol–water partition coefficient (Wildman–Crippen LogP) is 1.46. The summed E-state index contributed by atoms with van der Waals surface area (Å²) in [7, 11) is 0. The van der Waals surface area contributed by atoms with Crippen molar-refractivity contribution in [3.63, 3.8) is 0 Å². The molecule has 0 aliphatic rings. The quantitative estimate of drug-likeness (QED) is 0.640. The molecule has 0 spiro atoms. The number of ether oxygens (including phenoxy) is 1. The smallest absolute Gasteiger partial charge is 0.323 e. The summed E-state index contributed by atoms with van der Waals surface area (Å²) in [5, 5.41) is 0. The van der Waals surface area contributed by atoms with Crippen molar-refractivity contribution >= 4 is 5.97 Å². The number of nitrogens with two attached hydrogens (primary N) is 1. The van der Waals surface area contributed by atoms with Crippen LogP contribution in [0.5, 0.6) is 0 Å². The highest BCUT2D eigenvalue weighted by Crippen LogP contribution is 2.01. The Hall–Kier alpha value is -0.570. The van der Waals surface area contributed by atoms with Crippen LogP contribution >= 0.6 is 0 Å². The SMILES string of the molecule is CCCC(N)C(=O)OC(C)CC. The molecule has 2 atom stereocenters. The molecule has 0 aliphatic carbocycles. The van der Waals surface area contributed by atoms with Gasteiger partial charge in [-0.3, -0.25) is 4.79 Å². The van der Waals surface area contributed by atoms with Crippen LogP contribution in [-0.2, 0) is 9.53 Å². The molecule has 0 fully saturated rings. The molecule has 0 amide bonds. The van der Waals surface area contributed by atoms with E-state index >= 15 is 0 Å². The van der Waals surface area contributed by atoms with Crippen LogP contribution in [0.1, 0.15) is 40.0 Å². The highest BCUT2D eigenvalue weighted by Gasteiger charge is 2.15. The van der Waals surface area contributed by atoms with Crippen molar-refractivity contribution in [3.05, 3.63) is 0 Å². The fourth-order valence-corrected chi connectivity index (χ4v) is 0.798. The van der Waals surface area contributed by atoms with E-state index in [1.54, 1.807) is 0 Å². The first-order valence-electron chi connectivity index (χ1n) is 4.57. The predicted molar refractivity (Wildman–Crippen MR) is 48.7 cm³/mol. The van der Waals surface area contributed by atoms with Crippen LogP contribution in [0.15, 0.2) is 0 Å². The summed E-state index contributed by atoms with van der Waals surface area (Å²) in [5.41, 5.74) is 5.56. The maximum atomic E-state index is 11.2. The van der Waals surface area contributed by atoms with Gasteiger partial charge in [0.2, 0.25) is 0 Å². The van der Waals surface area contributed by atoms with Gasteiger partial charge in [-0.15, -0.1) is 0 Å².